The third-order valence-corrected chi connectivity index (χ3v) is 7.69. The number of ether oxygens (including phenoxy) is 1. The van der Waals surface area contributed by atoms with E-state index >= 15 is 0 Å². The summed E-state index contributed by atoms with van der Waals surface area (Å²) in [6.07, 6.45) is 21.5. The van der Waals surface area contributed by atoms with Crippen LogP contribution in [0.3, 0.4) is 0 Å². The number of carbonyl (C=O) groups excluding carboxylic acids is 1. The van der Waals surface area contributed by atoms with Crippen LogP contribution in [0.25, 0.3) is 0 Å². The summed E-state index contributed by atoms with van der Waals surface area (Å²) in [5, 5.41) is 0. The Morgan fingerprint density at radius 1 is 0.639 bits per heavy atom. The number of benzene rings is 1. The molecule has 1 aliphatic rings. The molecule has 0 amide bonds. The molecule has 0 saturated carbocycles. The smallest absolute Gasteiger partial charge is 0.310 e. The van der Waals surface area contributed by atoms with E-state index in [-0.39, 0.29) is 5.97 Å². The first kappa shape index (κ1) is 30.8. The van der Waals surface area contributed by atoms with Crippen LogP contribution in [0.15, 0.2) is 24.3 Å². The molecule has 0 aliphatic carbocycles. The highest BCUT2D eigenvalue weighted by atomic mass is 16.5. The summed E-state index contributed by atoms with van der Waals surface area (Å²) in [5.41, 5.74) is 2.39. The zero-order valence-corrected chi connectivity index (χ0v) is 23.8. The number of hydrogen-bond donors (Lipinski definition) is 0. The number of esters is 1. The summed E-state index contributed by atoms with van der Waals surface area (Å²) < 4.78 is 5.03. The van der Waals surface area contributed by atoms with E-state index in [0.717, 1.165) is 18.5 Å². The van der Waals surface area contributed by atoms with Gasteiger partial charge in [-0.2, -0.15) is 0 Å². The van der Waals surface area contributed by atoms with E-state index in [1.807, 2.05) is 6.92 Å². The molecule has 0 N–H and O–H groups in total. The predicted molar refractivity (Wildman–Crippen MR) is 154 cm³/mol. The number of piperazine rings is 1. The average Bonchev–Trinajstić information content (AvgIpc) is 2.89. The van der Waals surface area contributed by atoms with Crippen molar-refractivity contribution in [1.29, 1.82) is 0 Å². The Morgan fingerprint density at radius 2 is 1.08 bits per heavy atom. The van der Waals surface area contributed by atoms with Crippen LogP contribution in [0, 0.1) is 0 Å². The molecular formula is C32H56N2O2. The van der Waals surface area contributed by atoms with Gasteiger partial charge < -0.3 is 14.5 Å². The van der Waals surface area contributed by atoms with Crippen molar-refractivity contribution in [2.75, 3.05) is 45.9 Å². The molecule has 1 saturated heterocycles. The van der Waals surface area contributed by atoms with Gasteiger partial charge in [0.05, 0.1) is 13.0 Å². The Balaban J connectivity index is 1.40. The normalized spacial score (nSPS) is 14.8. The first-order valence-electron chi connectivity index (χ1n) is 15.4. The van der Waals surface area contributed by atoms with E-state index in [0.29, 0.717) is 13.0 Å². The minimum atomic E-state index is -0.141. The van der Waals surface area contributed by atoms with Gasteiger partial charge >= 0.3 is 5.97 Å². The second kappa shape index (κ2) is 20.6. The number of unbranched alkanes of at least 4 members (excludes halogenated alkanes) is 13. The van der Waals surface area contributed by atoms with Crippen LogP contribution in [0.5, 0.6) is 0 Å². The van der Waals surface area contributed by atoms with Gasteiger partial charge in [-0.25, -0.2) is 0 Å². The highest BCUT2D eigenvalue weighted by Gasteiger charge is 2.16. The molecule has 1 fully saturated rings. The minimum Gasteiger partial charge on any atom is -0.466 e. The largest absolute Gasteiger partial charge is 0.466 e. The number of carbonyl (C=O) groups is 1. The van der Waals surface area contributed by atoms with Crippen LogP contribution in [0.1, 0.15) is 115 Å². The van der Waals surface area contributed by atoms with Gasteiger partial charge in [-0.15, -0.1) is 0 Å². The molecular weight excluding hydrogens is 444 g/mol. The van der Waals surface area contributed by atoms with E-state index in [9.17, 15) is 4.79 Å². The minimum absolute atomic E-state index is 0.141. The van der Waals surface area contributed by atoms with Crippen molar-refractivity contribution in [2.45, 2.75) is 117 Å². The first-order chi connectivity index (χ1) is 17.7. The molecule has 0 aromatic heterocycles. The summed E-state index contributed by atoms with van der Waals surface area (Å²) in [6, 6.07) is 8.47. The Hall–Kier alpha value is -1.39. The second-order valence-corrected chi connectivity index (χ2v) is 10.8. The van der Waals surface area contributed by atoms with Gasteiger partial charge in [0.2, 0.25) is 0 Å². The Morgan fingerprint density at radius 3 is 1.58 bits per heavy atom. The van der Waals surface area contributed by atoms with Crippen molar-refractivity contribution in [3.8, 4) is 0 Å². The van der Waals surface area contributed by atoms with Crippen molar-refractivity contribution in [2.24, 2.45) is 0 Å². The summed E-state index contributed by atoms with van der Waals surface area (Å²) >= 11 is 0. The molecule has 1 aromatic rings. The third-order valence-electron chi connectivity index (χ3n) is 7.69. The molecule has 1 heterocycles. The summed E-state index contributed by atoms with van der Waals surface area (Å²) in [6.45, 7) is 11.8. The first-order valence-corrected chi connectivity index (χ1v) is 15.4. The molecule has 36 heavy (non-hydrogen) atoms. The molecule has 0 unspecified atom stereocenters. The van der Waals surface area contributed by atoms with Crippen molar-refractivity contribution in [3.05, 3.63) is 35.4 Å². The van der Waals surface area contributed by atoms with Crippen molar-refractivity contribution in [1.82, 2.24) is 9.80 Å². The lowest BCUT2D eigenvalue weighted by molar-refractivity contribution is -0.142. The number of nitrogens with zero attached hydrogens (tertiary/aromatic N) is 2. The molecule has 206 valence electrons. The average molecular weight is 501 g/mol. The lowest BCUT2D eigenvalue weighted by atomic mass is 10.0. The lowest BCUT2D eigenvalue weighted by Crippen LogP contribution is -2.47. The Labute approximate surface area is 223 Å². The highest BCUT2D eigenvalue weighted by Crippen LogP contribution is 2.14. The fraction of sp³-hybridized carbons (Fsp3) is 0.781. The van der Waals surface area contributed by atoms with Gasteiger partial charge in [0.15, 0.2) is 0 Å². The Bertz CT molecular complexity index is 653. The zero-order valence-electron chi connectivity index (χ0n) is 23.8. The van der Waals surface area contributed by atoms with Crippen molar-refractivity contribution < 1.29 is 9.53 Å². The van der Waals surface area contributed by atoms with E-state index < -0.39 is 0 Å². The molecule has 0 radical (unpaired) electrons. The molecule has 1 aliphatic heterocycles. The van der Waals surface area contributed by atoms with Crippen LogP contribution in [0.4, 0.5) is 0 Å². The van der Waals surface area contributed by atoms with Gasteiger partial charge in [0, 0.05) is 32.7 Å². The SMILES string of the molecule is CCCCCCCCCCCCCCCCN1CCN(CCc2ccc(CC(=O)OCC)cc2)CC1. The molecule has 0 spiro atoms. The molecule has 1 aromatic carbocycles. The van der Waals surface area contributed by atoms with Crippen LogP contribution in [-0.4, -0.2) is 61.6 Å². The Kier molecular flexibility index (Phi) is 17.7. The zero-order chi connectivity index (χ0) is 25.7. The van der Waals surface area contributed by atoms with Crippen LogP contribution >= 0.6 is 0 Å². The fourth-order valence-electron chi connectivity index (χ4n) is 5.26. The van der Waals surface area contributed by atoms with Crippen molar-refractivity contribution in [3.63, 3.8) is 0 Å². The topological polar surface area (TPSA) is 32.8 Å². The molecule has 2 rings (SSSR count). The van der Waals surface area contributed by atoms with Crippen LogP contribution in [0.2, 0.25) is 0 Å². The van der Waals surface area contributed by atoms with E-state index in [2.05, 4.69) is 41.0 Å². The predicted octanol–water partition coefficient (Wildman–Crippen LogP) is 7.43. The number of rotatable bonds is 21. The van der Waals surface area contributed by atoms with Crippen LogP contribution in [-0.2, 0) is 22.4 Å². The van der Waals surface area contributed by atoms with Gasteiger partial charge in [-0.05, 0) is 37.4 Å². The maximum atomic E-state index is 11.6. The fourth-order valence-corrected chi connectivity index (χ4v) is 5.26. The van der Waals surface area contributed by atoms with Gasteiger partial charge in [0.1, 0.15) is 0 Å². The van der Waals surface area contributed by atoms with Crippen LogP contribution < -0.4 is 0 Å². The standard InChI is InChI=1S/C32H56N2O2/c1-3-5-6-7-8-9-10-11-12-13-14-15-16-17-23-33-25-27-34(28-26-33)24-22-30-18-20-31(21-19-30)29-32(35)36-4-2/h18-21H,3-17,22-29H2,1-2H3. The maximum absolute atomic E-state index is 11.6. The van der Waals surface area contributed by atoms with Gasteiger partial charge in [0.25, 0.3) is 0 Å². The molecule has 0 bridgehead atoms. The quantitative estimate of drug-likeness (QED) is 0.130. The summed E-state index contributed by atoms with van der Waals surface area (Å²) in [7, 11) is 0. The van der Waals surface area contributed by atoms with E-state index in [4.69, 9.17) is 4.74 Å². The second-order valence-electron chi connectivity index (χ2n) is 10.8. The highest BCUT2D eigenvalue weighted by molar-refractivity contribution is 5.72. The molecule has 4 nitrogen and oxygen atoms in total. The number of hydrogen-bond acceptors (Lipinski definition) is 4. The molecule has 4 heteroatoms. The van der Waals surface area contributed by atoms with Gasteiger partial charge in [-0.3, -0.25) is 4.79 Å². The lowest BCUT2D eigenvalue weighted by Gasteiger charge is -2.34. The monoisotopic (exact) mass is 500 g/mol. The molecule has 0 atom stereocenters. The van der Waals surface area contributed by atoms with E-state index in [1.165, 1.54) is 128 Å². The summed E-state index contributed by atoms with van der Waals surface area (Å²) in [4.78, 5) is 16.9. The van der Waals surface area contributed by atoms with E-state index in [1.54, 1.807) is 0 Å². The van der Waals surface area contributed by atoms with Gasteiger partial charge in [-0.1, -0.05) is 115 Å². The van der Waals surface area contributed by atoms with Crippen molar-refractivity contribution >= 4 is 5.97 Å². The maximum Gasteiger partial charge on any atom is 0.310 e. The summed E-state index contributed by atoms with van der Waals surface area (Å²) in [5.74, 6) is -0.141. The third kappa shape index (κ3) is 15.0.